The minimum absolute atomic E-state index is 0.232. The van der Waals surface area contributed by atoms with Crippen molar-refractivity contribution in [1.29, 1.82) is 0 Å². The molecule has 1 aromatic rings. The summed E-state index contributed by atoms with van der Waals surface area (Å²) in [4.78, 5) is 36.8. The molecule has 0 saturated heterocycles. The quantitative estimate of drug-likeness (QED) is 0.208. The molecule has 0 aliphatic carbocycles. The van der Waals surface area contributed by atoms with E-state index in [-0.39, 0.29) is 12.5 Å². The molecular formula is C23H35N3O5S. The van der Waals surface area contributed by atoms with E-state index in [1.807, 2.05) is 0 Å². The topological polar surface area (TPSA) is 128 Å². The number of carbonyl (C=O) groups excluding carboxylic acids is 3. The van der Waals surface area contributed by atoms with Crippen LogP contribution in [0.1, 0.15) is 44.0 Å². The molecule has 178 valence electrons. The van der Waals surface area contributed by atoms with Crippen LogP contribution in [-0.2, 0) is 9.59 Å². The van der Waals surface area contributed by atoms with Crippen LogP contribution < -0.4 is 16.0 Å². The Morgan fingerprint density at radius 1 is 1.12 bits per heavy atom. The van der Waals surface area contributed by atoms with Gasteiger partial charge in [-0.3, -0.25) is 14.4 Å². The molecule has 0 heterocycles. The lowest BCUT2D eigenvalue weighted by Crippen LogP contribution is -2.53. The molecule has 0 spiro atoms. The minimum Gasteiger partial charge on any atom is -0.388 e. The lowest BCUT2D eigenvalue weighted by atomic mass is 10.1. The van der Waals surface area contributed by atoms with Crippen LogP contribution in [0.25, 0.3) is 0 Å². The summed E-state index contributed by atoms with van der Waals surface area (Å²) in [7, 11) is 0. The van der Waals surface area contributed by atoms with Crippen molar-refractivity contribution >= 4 is 29.5 Å². The van der Waals surface area contributed by atoms with Crippen LogP contribution in [0.15, 0.2) is 42.5 Å². The first kappa shape index (κ1) is 27.7. The summed E-state index contributed by atoms with van der Waals surface area (Å²) in [6.07, 6.45) is -0.573. The summed E-state index contributed by atoms with van der Waals surface area (Å²) in [5.41, 5.74) is 0.728. The standard InChI is InChI=1S/C23H35N3O5S/c1-5-6-12-32-14-18(26-21(29)15(2)3)23(31)24-13-19(27)20(28)16(4)25-22(30)17-10-8-7-9-11-17/h7-11,16,18-20,27-28H,2,5-6,12-14H2,1,3-4H3,(H,24,31)(H,25,30)(H,26,29). The summed E-state index contributed by atoms with van der Waals surface area (Å²) in [6.45, 7) is 8.54. The average molecular weight is 466 g/mol. The lowest BCUT2D eigenvalue weighted by Gasteiger charge is -2.26. The predicted octanol–water partition coefficient (Wildman–Crippen LogP) is 1.24. The van der Waals surface area contributed by atoms with Crippen LogP contribution in [0.2, 0.25) is 0 Å². The van der Waals surface area contributed by atoms with Crippen molar-refractivity contribution in [2.75, 3.05) is 18.1 Å². The first-order chi connectivity index (χ1) is 15.2. The first-order valence-corrected chi connectivity index (χ1v) is 11.9. The van der Waals surface area contributed by atoms with E-state index in [4.69, 9.17) is 0 Å². The third kappa shape index (κ3) is 9.84. The molecule has 0 bridgehead atoms. The van der Waals surface area contributed by atoms with E-state index in [9.17, 15) is 24.6 Å². The Labute approximate surface area is 194 Å². The first-order valence-electron chi connectivity index (χ1n) is 10.7. The Balaban J connectivity index is 2.59. The van der Waals surface area contributed by atoms with Crippen LogP contribution in [0.4, 0.5) is 0 Å². The van der Waals surface area contributed by atoms with Gasteiger partial charge < -0.3 is 26.2 Å². The Bertz CT molecular complexity index is 759. The van der Waals surface area contributed by atoms with Crippen LogP contribution >= 0.6 is 11.8 Å². The number of benzene rings is 1. The van der Waals surface area contributed by atoms with Crippen LogP contribution in [-0.4, -0.2) is 70.3 Å². The fourth-order valence-corrected chi connectivity index (χ4v) is 3.79. The predicted molar refractivity (Wildman–Crippen MR) is 127 cm³/mol. The molecule has 4 atom stereocenters. The molecule has 8 nitrogen and oxygen atoms in total. The summed E-state index contributed by atoms with van der Waals surface area (Å²) < 4.78 is 0. The van der Waals surface area contributed by atoms with Gasteiger partial charge in [0.25, 0.3) is 5.91 Å². The molecule has 1 rings (SSSR count). The van der Waals surface area contributed by atoms with Crippen molar-refractivity contribution < 1.29 is 24.6 Å². The third-order valence-corrected chi connectivity index (χ3v) is 5.87. The van der Waals surface area contributed by atoms with Crippen molar-refractivity contribution in [1.82, 2.24) is 16.0 Å². The van der Waals surface area contributed by atoms with Crippen molar-refractivity contribution in [3.8, 4) is 0 Å². The highest BCUT2D eigenvalue weighted by Gasteiger charge is 2.27. The van der Waals surface area contributed by atoms with E-state index in [2.05, 4.69) is 29.5 Å². The molecule has 0 radical (unpaired) electrons. The third-order valence-electron chi connectivity index (χ3n) is 4.72. The van der Waals surface area contributed by atoms with E-state index in [0.29, 0.717) is 16.9 Å². The van der Waals surface area contributed by atoms with Crippen molar-refractivity contribution in [2.45, 2.75) is 57.9 Å². The van der Waals surface area contributed by atoms with Gasteiger partial charge >= 0.3 is 0 Å². The molecule has 0 aliphatic heterocycles. The molecule has 0 fully saturated rings. The highest BCUT2D eigenvalue weighted by atomic mass is 32.2. The highest BCUT2D eigenvalue weighted by Crippen LogP contribution is 2.08. The molecular weight excluding hydrogens is 430 g/mol. The molecule has 0 aromatic heterocycles. The second-order valence-corrected chi connectivity index (χ2v) is 8.82. The number of aliphatic hydroxyl groups is 2. The molecule has 0 aliphatic rings. The number of rotatable bonds is 14. The zero-order valence-corrected chi connectivity index (χ0v) is 19.8. The second kappa shape index (κ2) is 14.7. The summed E-state index contributed by atoms with van der Waals surface area (Å²) >= 11 is 1.55. The Hall–Kier alpha value is -2.36. The van der Waals surface area contributed by atoms with Gasteiger partial charge in [0.1, 0.15) is 12.1 Å². The molecule has 3 amide bonds. The van der Waals surface area contributed by atoms with Gasteiger partial charge in [-0.15, -0.1) is 0 Å². The zero-order valence-electron chi connectivity index (χ0n) is 19.0. The maximum atomic E-state index is 12.6. The molecule has 9 heteroatoms. The van der Waals surface area contributed by atoms with Crippen LogP contribution in [0, 0.1) is 0 Å². The molecule has 5 N–H and O–H groups in total. The number of thioether (sulfide) groups is 1. The van der Waals surface area contributed by atoms with E-state index >= 15 is 0 Å². The zero-order chi connectivity index (χ0) is 24.1. The van der Waals surface area contributed by atoms with Gasteiger partial charge in [-0.1, -0.05) is 38.1 Å². The minimum atomic E-state index is -1.31. The van der Waals surface area contributed by atoms with Crippen LogP contribution in [0.5, 0.6) is 0 Å². The molecule has 1 aromatic carbocycles. The number of hydrogen-bond donors (Lipinski definition) is 5. The molecule has 0 saturated carbocycles. The van der Waals surface area contributed by atoms with Gasteiger partial charge in [-0.05, 0) is 38.2 Å². The van der Waals surface area contributed by atoms with Gasteiger partial charge in [-0.2, -0.15) is 11.8 Å². The van der Waals surface area contributed by atoms with E-state index < -0.39 is 36.1 Å². The largest absolute Gasteiger partial charge is 0.388 e. The van der Waals surface area contributed by atoms with Crippen LogP contribution in [0.3, 0.4) is 0 Å². The number of carbonyl (C=O) groups is 3. The number of aliphatic hydroxyl groups excluding tert-OH is 2. The van der Waals surface area contributed by atoms with E-state index in [1.54, 1.807) is 55.9 Å². The fraction of sp³-hybridized carbons (Fsp3) is 0.522. The highest BCUT2D eigenvalue weighted by molar-refractivity contribution is 7.99. The number of hydrogen-bond acceptors (Lipinski definition) is 6. The van der Waals surface area contributed by atoms with E-state index in [0.717, 1.165) is 18.6 Å². The fourth-order valence-electron chi connectivity index (χ4n) is 2.66. The maximum absolute atomic E-state index is 12.6. The summed E-state index contributed by atoms with van der Waals surface area (Å²) in [5, 5.41) is 28.5. The Morgan fingerprint density at radius 3 is 2.38 bits per heavy atom. The van der Waals surface area contributed by atoms with Gasteiger partial charge in [0.05, 0.1) is 12.1 Å². The van der Waals surface area contributed by atoms with Crippen molar-refractivity contribution in [3.05, 3.63) is 48.0 Å². The normalized spacial score (nSPS) is 14.5. The number of unbranched alkanes of at least 4 members (excludes halogenated alkanes) is 1. The SMILES string of the molecule is C=C(C)C(=O)NC(CSCCCC)C(=O)NCC(O)C(O)C(C)NC(=O)c1ccccc1. The van der Waals surface area contributed by atoms with Crippen molar-refractivity contribution in [2.24, 2.45) is 0 Å². The van der Waals surface area contributed by atoms with Crippen molar-refractivity contribution in [3.63, 3.8) is 0 Å². The van der Waals surface area contributed by atoms with E-state index in [1.165, 1.54) is 0 Å². The number of nitrogens with one attached hydrogen (secondary N) is 3. The van der Waals surface area contributed by atoms with Gasteiger partial charge in [-0.25, -0.2) is 0 Å². The maximum Gasteiger partial charge on any atom is 0.251 e. The van der Waals surface area contributed by atoms with Gasteiger partial charge in [0.2, 0.25) is 11.8 Å². The van der Waals surface area contributed by atoms with Gasteiger partial charge in [0, 0.05) is 23.4 Å². The monoisotopic (exact) mass is 465 g/mol. The lowest BCUT2D eigenvalue weighted by molar-refractivity contribution is -0.127. The smallest absolute Gasteiger partial charge is 0.251 e. The Kier molecular flexibility index (Phi) is 12.7. The van der Waals surface area contributed by atoms with Gasteiger partial charge in [0.15, 0.2) is 0 Å². The molecule has 4 unspecified atom stereocenters. The average Bonchev–Trinajstić information content (AvgIpc) is 2.78. The molecule has 32 heavy (non-hydrogen) atoms. The summed E-state index contributed by atoms with van der Waals surface area (Å²) in [5.74, 6) is -0.00842. The summed E-state index contributed by atoms with van der Waals surface area (Å²) in [6, 6.07) is 6.98. The second-order valence-electron chi connectivity index (χ2n) is 7.67. The number of amides is 3. The Morgan fingerprint density at radius 2 is 1.78 bits per heavy atom.